The fourth-order valence-electron chi connectivity index (χ4n) is 1.52. The molecule has 0 unspecified atom stereocenters. The molecule has 2 aromatic rings. The van der Waals surface area contributed by atoms with Crippen LogP contribution in [0.3, 0.4) is 0 Å². The molecule has 0 fully saturated rings. The summed E-state index contributed by atoms with van der Waals surface area (Å²) in [7, 11) is 0. The van der Waals surface area contributed by atoms with Gasteiger partial charge in [0.25, 0.3) is 5.91 Å². The summed E-state index contributed by atoms with van der Waals surface area (Å²) in [6, 6.07) is 14.6. The molecule has 0 atom stereocenters. The highest BCUT2D eigenvalue weighted by Gasteiger charge is 2.07. The summed E-state index contributed by atoms with van der Waals surface area (Å²) in [5.74, 6) is -0.155. The number of aryl methyl sites for hydroxylation is 1. The molecule has 17 heavy (non-hydrogen) atoms. The molecule has 86 valence electrons. The molecule has 0 bridgehead atoms. The van der Waals surface area contributed by atoms with Crippen LogP contribution in [0.5, 0.6) is 0 Å². The predicted octanol–water partition coefficient (Wildman–Crippen LogP) is 3.90. The number of halogens is 1. The van der Waals surface area contributed by atoms with E-state index in [0.717, 1.165) is 5.56 Å². The summed E-state index contributed by atoms with van der Waals surface area (Å²) >= 11 is 6.01. The van der Waals surface area contributed by atoms with E-state index in [2.05, 4.69) is 5.32 Å². The van der Waals surface area contributed by atoms with E-state index in [1.807, 2.05) is 37.3 Å². The van der Waals surface area contributed by atoms with Crippen LogP contribution in [0.4, 0.5) is 5.69 Å². The third kappa shape index (κ3) is 2.86. The van der Waals surface area contributed by atoms with Gasteiger partial charge in [-0.2, -0.15) is 0 Å². The first-order chi connectivity index (χ1) is 8.16. The second-order valence-electron chi connectivity index (χ2n) is 3.80. The van der Waals surface area contributed by atoms with Crippen molar-refractivity contribution in [3.05, 3.63) is 64.7 Å². The Labute approximate surface area is 105 Å². The van der Waals surface area contributed by atoms with Gasteiger partial charge < -0.3 is 5.32 Å². The average Bonchev–Trinajstić information content (AvgIpc) is 2.35. The Morgan fingerprint density at radius 3 is 2.53 bits per heavy atom. The topological polar surface area (TPSA) is 29.1 Å². The molecule has 0 aliphatic heterocycles. The minimum atomic E-state index is -0.155. The Hall–Kier alpha value is -1.80. The Morgan fingerprint density at radius 2 is 1.82 bits per heavy atom. The molecular weight excluding hydrogens is 234 g/mol. The first-order valence-electron chi connectivity index (χ1n) is 5.29. The standard InChI is InChI=1S/C14H12ClNO/c1-10-7-8-12(15)13(9-10)16-14(17)11-5-3-2-4-6-11/h2-9H,1H3,(H,16,17). The first-order valence-corrected chi connectivity index (χ1v) is 5.67. The van der Waals surface area contributed by atoms with E-state index in [1.54, 1.807) is 18.2 Å². The Balaban J connectivity index is 2.22. The van der Waals surface area contributed by atoms with Crippen molar-refractivity contribution in [2.45, 2.75) is 6.92 Å². The molecule has 2 nitrogen and oxygen atoms in total. The van der Waals surface area contributed by atoms with Gasteiger partial charge in [0.05, 0.1) is 10.7 Å². The van der Waals surface area contributed by atoms with Crippen LogP contribution in [0.25, 0.3) is 0 Å². The molecule has 0 heterocycles. The molecule has 0 saturated heterocycles. The summed E-state index contributed by atoms with van der Waals surface area (Å²) in [5, 5.41) is 3.34. The molecule has 0 radical (unpaired) electrons. The van der Waals surface area contributed by atoms with E-state index in [1.165, 1.54) is 0 Å². The highest BCUT2D eigenvalue weighted by Crippen LogP contribution is 2.23. The highest BCUT2D eigenvalue weighted by atomic mass is 35.5. The second kappa shape index (κ2) is 5.02. The third-order valence-corrected chi connectivity index (χ3v) is 2.74. The molecule has 0 spiro atoms. The maximum Gasteiger partial charge on any atom is 0.255 e. The lowest BCUT2D eigenvalue weighted by Crippen LogP contribution is -2.12. The summed E-state index contributed by atoms with van der Waals surface area (Å²) < 4.78 is 0. The number of hydrogen-bond donors (Lipinski definition) is 1. The van der Waals surface area contributed by atoms with Gasteiger partial charge in [-0.3, -0.25) is 4.79 Å². The van der Waals surface area contributed by atoms with Crippen LogP contribution in [0, 0.1) is 6.92 Å². The number of carbonyl (C=O) groups is 1. The molecule has 2 aromatic carbocycles. The zero-order valence-corrected chi connectivity index (χ0v) is 10.2. The van der Waals surface area contributed by atoms with Crippen LogP contribution in [0.15, 0.2) is 48.5 Å². The van der Waals surface area contributed by atoms with E-state index in [4.69, 9.17) is 11.6 Å². The van der Waals surface area contributed by atoms with Gasteiger partial charge in [-0.05, 0) is 36.8 Å². The molecule has 0 aliphatic rings. The van der Waals surface area contributed by atoms with Crippen molar-refractivity contribution in [1.29, 1.82) is 0 Å². The molecule has 1 N–H and O–H groups in total. The number of anilines is 1. The largest absolute Gasteiger partial charge is 0.321 e. The SMILES string of the molecule is Cc1ccc(Cl)c(NC(=O)c2ccccc2)c1. The lowest BCUT2D eigenvalue weighted by molar-refractivity contribution is 0.102. The zero-order valence-electron chi connectivity index (χ0n) is 9.41. The minimum Gasteiger partial charge on any atom is -0.321 e. The summed E-state index contributed by atoms with van der Waals surface area (Å²) in [6.07, 6.45) is 0. The molecule has 0 aromatic heterocycles. The molecule has 2 rings (SSSR count). The number of nitrogens with one attached hydrogen (secondary N) is 1. The molecular formula is C14H12ClNO. The Morgan fingerprint density at radius 1 is 1.12 bits per heavy atom. The van der Waals surface area contributed by atoms with E-state index in [-0.39, 0.29) is 5.91 Å². The number of benzene rings is 2. The quantitative estimate of drug-likeness (QED) is 0.854. The number of hydrogen-bond acceptors (Lipinski definition) is 1. The van der Waals surface area contributed by atoms with E-state index in [9.17, 15) is 4.79 Å². The van der Waals surface area contributed by atoms with Crippen molar-refractivity contribution in [3.63, 3.8) is 0 Å². The van der Waals surface area contributed by atoms with E-state index >= 15 is 0 Å². The molecule has 0 saturated carbocycles. The van der Waals surface area contributed by atoms with Crippen LogP contribution in [-0.2, 0) is 0 Å². The Kier molecular flexibility index (Phi) is 3.45. The minimum absolute atomic E-state index is 0.155. The third-order valence-electron chi connectivity index (χ3n) is 2.41. The molecule has 3 heteroatoms. The lowest BCUT2D eigenvalue weighted by Gasteiger charge is -2.08. The monoisotopic (exact) mass is 245 g/mol. The van der Waals surface area contributed by atoms with Crippen molar-refractivity contribution in [3.8, 4) is 0 Å². The van der Waals surface area contributed by atoms with E-state index < -0.39 is 0 Å². The van der Waals surface area contributed by atoms with Gasteiger partial charge in [0.2, 0.25) is 0 Å². The summed E-state index contributed by atoms with van der Waals surface area (Å²) in [5.41, 5.74) is 2.31. The Bertz CT molecular complexity index is 537. The normalized spacial score (nSPS) is 10.0. The molecule has 1 amide bonds. The molecule has 0 aliphatic carbocycles. The van der Waals surface area contributed by atoms with Crippen molar-refractivity contribution in [1.82, 2.24) is 0 Å². The zero-order chi connectivity index (χ0) is 12.3. The summed E-state index contributed by atoms with van der Waals surface area (Å²) in [6.45, 7) is 1.95. The van der Waals surface area contributed by atoms with Crippen molar-refractivity contribution in [2.75, 3.05) is 5.32 Å². The van der Waals surface area contributed by atoms with Crippen LogP contribution < -0.4 is 5.32 Å². The van der Waals surface area contributed by atoms with Crippen LogP contribution in [0.1, 0.15) is 15.9 Å². The smallest absolute Gasteiger partial charge is 0.255 e. The van der Waals surface area contributed by atoms with Crippen molar-refractivity contribution >= 4 is 23.2 Å². The van der Waals surface area contributed by atoms with E-state index in [0.29, 0.717) is 16.3 Å². The van der Waals surface area contributed by atoms with Crippen LogP contribution >= 0.6 is 11.6 Å². The van der Waals surface area contributed by atoms with Gasteiger partial charge >= 0.3 is 0 Å². The summed E-state index contributed by atoms with van der Waals surface area (Å²) in [4.78, 5) is 11.9. The van der Waals surface area contributed by atoms with Crippen molar-refractivity contribution in [2.24, 2.45) is 0 Å². The van der Waals surface area contributed by atoms with Gasteiger partial charge in [0.1, 0.15) is 0 Å². The fourth-order valence-corrected chi connectivity index (χ4v) is 1.68. The van der Waals surface area contributed by atoms with Gasteiger partial charge in [0.15, 0.2) is 0 Å². The lowest BCUT2D eigenvalue weighted by atomic mass is 10.2. The fraction of sp³-hybridized carbons (Fsp3) is 0.0714. The van der Waals surface area contributed by atoms with Gasteiger partial charge in [0, 0.05) is 5.56 Å². The van der Waals surface area contributed by atoms with Gasteiger partial charge in [-0.15, -0.1) is 0 Å². The van der Waals surface area contributed by atoms with Crippen LogP contribution in [-0.4, -0.2) is 5.91 Å². The first kappa shape index (κ1) is 11.7. The van der Waals surface area contributed by atoms with Gasteiger partial charge in [-0.1, -0.05) is 35.9 Å². The van der Waals surface area contributed by atoms with Crippen molar-refractivity contribution < 1.29 is 4.79 Å². The van der Waals surface area contributed by atoms with Gasteiger partial charge in [-0.25, -0.2) is 0 Å². The highest BCUT2D eigenvalue weighted by molar-refractivity contribution is 6.33. The number of carbonyl (C=O) groups excluding carboxylic acids is 1. The number of rotatable bonds is 2. The van der Waals surface area contributed by atoms with Crippen LogP contribution in [0.2, 0.25) is 5.02 Å². The maximum absolute atomic E-state index is 11.9. The second-order valence-corrected chi connectivity index (χ2v) is 4.21. The average molecular weight is 246 g/mol. The predicted molar refractivity (Wildman–Crippen MR) is 70.6 cm³/mol. The number of amides is 1. The maximum atomic E-state index is 11.9.